The summed E-state index contributed by atoms with van der Waals surface area (Å²) in [4.78, 5) is 4.13. The van der Waals surface area contributed by atoms with Crippen molar-refractivity contribution >= 4 is 11.8 Å². The van der Waals surface area contributed by atoms with E-state index in [1.54, 1.807) is 0 Å². The molecule has 0 spiro atoms. The summed E-state index contributed by atoms with van der Waals surface area (Å²) in [5.74, 6) is 2.48. The van der Waals surface area contributed by atoms with Gasteiger partial charge in [-0.25, -0.2) is 0 Å². The summed E-state index contributed by atoms with van der Waals surface area (Å²) < 4.78 is 0. The van der Waals surface area contributed by atoms with Crippen LogP contribution >= 0.6 is 11.8 Å². The van der Waals surface area contributed by atoms with Gasteiger partial charge in [-0.2, -0.15) is 11.8 Å². The summed E-state index contributed by atoms with van der Waals surface area (Å²) in [5.41, 5.74) is 2.63. The third-order valence-corrected chi connectivity index (χ3v) is 3.29. The van der Waals surface area contributed by atoms with Gasteiger partial charge in [0.1, 0.15) is 0 Å². The molecule has 1 aromatic heterocycles. The van der Waals surface area contributed by atoms with Crippen molar-refractivity contribution in [2.45, 2.75) is 26.8 Å². The molecule has 0 amide bonds. The van der Waals surface area contributed by atoms with Gasteiger partial charge in [-0.15, -0.1) is 0 Å². The average molecular weight is 224 g/mol. The molecule has 0 radical (unpaired) electrons. The number of nitrogens with zero attached hydrogens (tertiary/aromatic N) is 1. The highest BCUT2D eigenvalue weighted by molar-refractivity contribution is 7.99. The second kappa shape index (κ2) is 7.71. The Balaban J connectivity index is 2.12. The minimum Gasteiger partial charge on any atom is -0.313 e. The largest absolute Gasteiger partial charge is 0.313 e. The van der Waals surface area contributed by atoms with E-state index in [1.165, 1.54) is 29.1 Å². The molecule has 0 unspecified atom stereocenters. The van der Waals surface area contributed by atoms with Gasteiger partial charge < -0.3 is 5.32 Å². The zero-order valence-corrected chi connectivity index (χ0v) is 10.4. The predicted octanol–water partition coefficient (Wildman–Crippen LogP) is 2.62. The van der Waals surface area contributed by atoms with E-state index in [1.807, 2.05) is 24.2 Å². The number of aromatic nitrogens is 1. The van der Waals surface area contributed by atoms with Crippen LogP contribution in [0.5, 0.6) is 0 Å². The normalized spacial score (nSPS) is 10.5. The van der Waals surface area contributed by atoms with Gasteiger partial charge in [0.2, 0.25) is 0 Å². The summed E-state index contributed by atoms with van der Waals surface area (Å²) >= 11 is 2.01. The van der Waals surface area contributed by atoms with Crippen LogP contribution in [0, 0.1) is 6.92 Å². The van der Waals surface area contributed by atoms with Crippen LogP contribution < -0.4 is 5.32 Å². The highest BCUT2D eigenvalue weighted by atomic mass is 32.2. The Morgan fingerprint density at radius 2 is 2.33 bits per heavy atom. The van der Waals surface area contributed by atoms with Crippen molar-refractivity contribution < 1.29 is 0 Å². The third kappa shape index (κ3) is 5.19. The van der Waals surface area contributed by atoms with Crippen LogP contribution in [0.4, 0.5) is 0 Å². The maximum absolute atomic E-state index is 4.13. The first kappa shape index (κ1) is 12.5. The lowest BCUT2D eigenvalue weighted by Crippen LogP contribution is -2.16. The zero-order chi connectivity index (χ0) is 10.9. The SMILES string of the molecule is CCSCCCNCc1cnccc1C. The molecule has 2 nitrogen and oxygen atoms in total. The number of pyridine rings is 1. The molecular weight excluding hydrogens is 204 g/mol. The Morgan fingerprint density at radius 3 is 3.07 bits per heavy atom. The second-order valence-electron chi connectivity index (χ2n) is 3.53. The molecule has 0 bridgehead atoms. The standard InChI is InChI=1S/C12H20N2S/c1-3-15-8-4-6-13-9-12-10-14-7-5-11(12)2/h5,7,10,13H,3-4,6,8-9H2,1-2H3. The van der Waals surface area contributed by atoms with Gasteiger partial charge in [-0.1, -0.05) is 6.92 Å². The molecule has 84 valence electrons. The minimum absolute atomic E-state index is 0.941. The van der Waals surface area contributed by atoms with Crippen LogP contribution in [0.1, 0.15) is 24.5 Å². The van der Waals surface area contributed by atoms with Gasteiger partial charge in [-0.05, 0) is 48.6 Å². The van der Waals surface area contributed by atoms with Crippen LogP contribution in [-0.2, 0) is 6.54 Å². The molecule has 0 saturated heterocycles. The van der Waals surface area contributed by atoms with Crippen LogP contribution in [0.2, 0.25) is 0 Å². The Labute approximate surface area is 96.9 Å². The average Bonchev–Trinajstić information content (AvgIpc) is 2.25. The van der Waals surface area contributed by atoms with Crippen molar-refractivity contribution in [1.82, 2.24) is 10.3 Å². The molecule has 0 aliphatic carbocycles. The highest BCUT2D eigenvalue weighted by Crippen LogP contribution is 2.04. The van der Waals surface area contributed by atoms with E-state index < -0.39 is 0 Å². The molecule has 0 atom stereocenters. The lowest BCUT2D eigenvalue weighted by molar-refractivity contribution is 0.675. The second-order valence-corrected chi connectivity index (χ2v) is 4.92. The van der Waals surface area contributed by atoms with Crippen molar-refractivity contribution in [3.63, 3.8) is 0 Å². The first-order valence-electron chi connectivity index (χ1n) is 5.52. The summed E-state index contributed by atoms with van der Waals surface area (Å²) in [6, 6.07) is 2.06. The fourth-order valence-corrected chi connectivity index (χ4v) is 1.99. The molecule has 0 aliphatic heterocycles. The molecule has 1 aromatic rings. The van der Waals surface area contributed by atoms with Gasteiger partial charge in [0.25, 0.3) is 0 Å². The molecular formula is C12H20N2S. The van der Waals surface area contributed by atoms with E-state index >= 15 is 0 Å². The quantitative estimate of drug-likeness (QED) is 0.721. The Kier molecular flexibility index (Phi) is 6.44. The van der Waals surface area contributed by atoms with Crippen LogP contribution in [0.3, 0.4) is 0 Å². The third-order valence-electron chi connectivity index (χ3n) is 2.31. The smallest absolute Gasteiger partial charge is 0.0315 e. The van der Waals surface area contributed by atoms with E-state index in [-0.39, 0.29) is 0 Å². The maximum atomic E-state index is 4.13. The van der Waals surface area contributed by atoms with E-state index in [2.05, 4.69) is 30.2 Å². The molecule has 0 aliphatic rings. The monoisotopic (exact) mass is 224 g/mol. The molecule has 1 N–H and O–H groups in total. The van der Waals surface area contributed by atoms with Crippen molar-refractivity contribution in [1.29, 1.82) is 0 Å². The van der Waals surface area contributed by atoms with Crippen LogP contribution in [0.25, 0.3) is 0 Å². The molecule has 1 heterocycles. The van der Waals surface area contributed by atoms with E-state index in [9.17, 15) is 0 Å². The summed E-state index contributed by atoms with van der Waals surface area (Å²) in [6.07, 6.45) is 5.04. The molecule has 3 heteroatoms. The first-order valence-corrected chi connectivity index (χ1v) is 6.68. The van der Waals surface area contributed by atoms with E-state index in [0.717, 1.165) is 13.1 Å². The fraction of sp³-hybridized carbons (Fsp3) is 0.583. The van der Waals surface area contributed by atoms with Crippen molar-refractivity contribution in [2.75, 3.05) is 18.1 Å². The number of hydrogen-bond acceptors (Lipinski definition) is 3. The fourth-order valence-electron chi connectivity index (χ4n) is 1.35. The van der Waals surface area contributed by atoms with Gasteiger partial charge in [0, 0.05) is 18.9 Å². The zero-order valence-electron chi connectivity index (χ0n) is 9.62. The molecule has 0 aromatic carbocycles. The number of hydrogen-bond donors (Lipinski definition) is 1. The minimum atomic E-state index is 0.941. The Hall–Kier alpha value is -0.540. The molecule has 0 fully saturated rings. The summed E-state index contributed by atoms with van der Waals surface area (Å²) in [6.45, 7) is 6.38. The number of nitrogens with one attached hydrogen (secondary N) is 1. The van der Waals surface area contributed by atoms with Gasteiger partial charge in [0.15, 0.2) is 0 Å². The number of rotatable bonds is 7. The van der Waals surface area contributed by atoms with Crippen molar-refractivity contribution in [3.8, 4) is 0 Å². The topological polar surface area (TPSA) is 24.9 Å². The van der Waals surface area contributed by atoms with Gasteiger partial charge in [0.05, 0.1) is 0 Å². The molecule has 1 rings (SSSR count). The predicted molar refractivity (Wildman–Crippen MR) is 68.3 cm³/mol. The summed E-state index contributed by atoms with van der Waals surface area (Å²) in [7, 11) is 0. The van der Waals surface area contributed by atoms with Gasteiger partial charge >= 0.3 is 0 Å². The van der Waals surface area contributed by atoms with Crippen LogP contribution in [0.15, 0.2) is 18.5 Å². The Bertz CT molecular complexity index is 276. The molecule has 15 heavy (non-hydrogen) atoms. The van der Waals surface area contributed by atoms with Crippen molar-refractivity contribution in [3.05, 3.63) is 29.6 Å². The Morgan fingerprint density at radius 1 is 1.47 bits per heavy atom. The lowest BCUT2D eigenvalue weighted by Gasteiger charge is -2.06. The van der Waals surface area contributed by atoms with Crippen LogP contribution in [-0.4, -0.2) is 23.0 Å². The number of aryl methyl sites for hydroxylation is 1. The lowest BCUT2D eigenvalue weighted by atomic mass is 10.1. The van der Waals surface area contributed by atoms with E-state index in [0.29, 0.717) is 0 Å². The number of thioether (sulfide) groups is 1. The van der Waals surface area contributed by atoms with Crippen molar-refractivity contribution in [2.24, 2.45) is 0 Å². The highest BCUT2D eigenvalue weighted by Gasteiger charge is 1.96. The van der Waals surface area contributed by atoms with E-state index in [4.69, 9.17) is 0 Å². The molecule has 0 saturated carbocycles. The van der Waals surface area contributed by atoms with Gasteiger partial charge in [-0.3, -0.25) is 4.98 Å². The maximum Gasteiger partial charge on any atom is 0.0315 e. The first-order chi connectivity index (χ1) is 7.34. The summed E-state index contributed by atoms with van der Waals surface area (Å²) in [5, 5.41) is 3.45.